The Balaban J connectivity index is 3.23. The lowest BCUT2D eigenvalue weighted by Crippen LogP contribution is -2.36. The van der Waals surface area contributed by atoms with Gasteiger partial charge in [0.15, 0.2) is 0 Å². The van der Waals surface area contributed by atoms with Crippen molar-refractivity contribution in [2.45, 2.75) is 24.3 Å². The van der Waals surface area contributed by atoms with Gasteiger partial charge in [0.1, 0.15) is 5.82 Å². The molecule has 0 aliphatic rings. The number of rotatable bonds is 7. The smallest absolute Gasteiger partial charge is 0.339 e. The van der Waals surface area contributed by atoms with Crippen molar-refractivity contribution in [2.75, 3.05) is 19.1 Å². The van der Waals surface area contributed by atoms with Crippen LogP contribution in [0.5, 0.6) is 0 Å². The van der Waals surface area contributed by atoms with Crippen LogP contribution in [0.1, 0.15) is 23.7 Å². The summed E-state index contributed by atoms with van der Waals surface area (Å²) in [6.45, 7) is 1.84. The third kappa shape index (κ3) is 4.69. The van der Waals surface area contributed by atoms with Gasteiger partial charge in [0.2, 0.25) is 10.0 Å². The van der Waals surface area contributed by atoms with Crippen LogP contribution in [0.3, 0.4) is 0 Å². The molecule has 1 aromatic carbocycles. The molecular weight excluding hydrogens is 317 g/mol. The van der Waals surface area contributed by atoms with Crippen LogP contribution < -0.4 is 4.72 Å². The van der Waals surface area contributed by atoms with E-state index in [1.807, 2.05) is 13.2 Å². The monoisotopic (exact) mass is 335 g/mol. The number of carbonyl (C=O) groups excluding carboxylic acids is 1. The minimum absolute atomic E-state index is 0.189. The topological polar surface area (TPSA) is 72.5 Å². The molecule has 21 heavy (non-hydrogen) atoms. The Labute approximate surface area is 128 Å². The molecule has 5 nitrogen and oxygen atoms in total. The summed E-state index contributed by atoms with van der Waals surface area (Å²) in [6.07, 6.45) is 2.45. The number of thioether (sulfide) groups is 1. The van der Waals surface area contributed by atoms with E-state index in [-0.39, 0.29) is 11.6 Å². The van der Waals surface area contributed by atoms with E-state index in [4.69, 9.17) is 0 Å². The van der Waals surface area contributed by atoms with Crippen molar-refractivity contribution in [3.8, 4) is 0 Å². The van der Waals surface area contributed by atoms with Gasteiger partial charge in [-0.15, -0.1) is 0 Å². The average molecular weight is 335 g/mol. The van der Waals surface area contributed by atoms with Crippen molar-refractivity contribution in [3.05, 3.63) is 29.6 Å². The van der Waals surface area contributed by atoms with Gasteiger partial charge >= 0.3 is 5.97 Å². The van der Waals surface area contributed by atoms with Crippen molar-refractivity contribution in [1.82, 2.24) is 4.72 Å². The molecule has 0 aromatic heterocycles. The Morgan fingerprint density at radius 1 is 1.48 bits per heavy atom. The largest absolute Gasteiger partial charge is 0.465 e. The maximum Gasteiger partial charge on any atom is 0.339 e. The number of ether oxygens (including phenoxy) is 1. The van der Waals surface area contributed by atoms with Crippen LogP contribution in [-0.2, 0) is 14.8 Å². The zero-order chi connectivity index (χ0) is 16.0. The van der Waals surface area contributed by atoms with Crippen LogP contribution in [0.2, 0.25) is 0 Å². The molecule has 1 rings (SSSR count). The van der Waals surface area contributed by atoms with Crippen LogP contribution in [0, 0.1) is 5.82 Å². The lowest BCUT2D eigenvalue weighted by atomic mass is 10.2. The molecule has 0 saturated carbocycles. The standard InChI is InChI=1S/C13H18FNO4S2/c1-4-10(8-20-3)15-21(17,18)12-7-9(14)5-6-11(12)13(16)19-2/h5-7,10,15H,4,8H2,1-3H3. The van der Waals surface area contributed by atoms with Crippen molar-refractivity contribution in [1.29, 1.82) is 0 Å². The van der Waals surface area contributed by atoms with Crippen LogP contribution in [0.15, 0.2) is 23.1 Å². The fraction of sp³-hybridized carbons (Fsp3) is 0.462. The van der Waals surface area contributed by atoms with E-state index in [1.165, 1.54) is 11.8 Å². The Hall–Kier alpha value is -1.12. The lowest BCUT2D eigenvalue weighted by Gasteiger charge is -2.17. The second-order valence-corrected chi connectivity index (χ2v) is 6.91. The average Bonchev–Trinajstić information content (AvgIpc) is 2.45. The fourth-order valence-corrected chi connectivity index (χ4v) is 4.07. The quantitative estimate of drug-likeness (QED) is 0.772. The molecule has 0 heterocycles. The van der Waals surface area contributed by atoms with E-state index in [9.17, 15) is 17.6 Å². The van der Waals surface area contributed by atoms with Crippen molar-refractivity contribution >= 4 is 27.8 Å². The summed E-state index contributed by atoms with van der Waals surface area (Å²) in [6, 6.07) is 2.65. The first kappa shape index (κ1) is 17.9. The van der Waals surface area contributed by atoms with Gasteiger partial charge in [0.05, 0.1) is 17.6 Å². The summed E-state index contributed by atoms with van der Waals surface area (Å²) in [5.74, 6) is -0.979. The zero-order valence-electron chi connectivity index (χ0n) is 12.1. The molecule has 0 saturated heterocycles. The van der Waals surface area contributed by atoms with E-state index < -0.39 is 26.7 Å². The predicted octanol–water partition coefficient (Wildman–Crippen LogP) is 2.03. The number of benzene rings is 1. The maximum absolute atomic E-state index is 13.4. The highest BCUT2D eigenvalue weighted by molar-refractivity contribution is 7.98. The van der Waals surface area contributed by atoms with Crippen LogP contribution in [0.25, 0.3) is 0 Å². The number of halogens is 1. The summed E-state index contributed by atoms with van der Waals surface area (Å²) in [7, 11) is -2.87. The minimum atomic E-state index is -4.01. The van der Waals surface area contributed by atoms with Gasteiger partial charge in [-0.2, -0.15) is 11.8 Å². The molecule has 0 radical (unpaired) electrons. The molecule has 118 valence electrons. The number of carbonyl (C=O) groups is 1. The molecule has 1 atom stereocenters. The van der Waals surface area contributed by atoms with Crippen molar-refractivity contribution in [2.24, 2.45) is 0 Å². The first-order chi connectivity index (χ1) is 9.85. The highest BCUT2D eigenvalue weighted by atomic mass is 32.2. The highest BCUT2D eigenvalue weighted by Gasteiger charge is 2.26. The third-order valence-electron chi connectivity index (χ3n) is 2.82. The lowest BCUT2D eigenvalue weighted by molar-refractivity contribution is 0.0596. The molecule has 0 fully saturated rings. The predicted molar refractivity (Wildman–Crippen MR) is 80.5 cm³/mol. The first-order valence-corrected chi connectivity index (χ1v) is 9.12. The summed E-state index contributed by atoms with van der Waals surface area (Å²) >= 11 is 1.50. The number of esters is 1. The van der Waals surface area contributed by atoms with E-state index >= 15 is 0 Å². The normalized spacial score (nSPS) is 13.0. The van der Waals surface area contributed by atoms with Gasteiger partial charge in [0.25, 0.3) is 0 Å². The van der Waals surface area contributed by atoms with Crippen LogP contribution in [0.4, 0.5) is 4.39 Å². The van der Waals surface area contributed by atoms with Gasteiger partial charge in [-0.1, -0.05) is 6.92 Å². The third-order valence-corrected chi connectivity index (χ3v) is 5.12. The fourth-order valence-electron chi connectivity index (χ4n) is 1.72. The molecule has 0 aliphatic heterocycles. The molecule has 1 unspecified atom stereocenters. The van der Waals surface area contributed by atoms with Gasteiger partial charge in [0, 0.05) is 11.8 Å². The van der Waals surface area contributed by atoms with E-state index in [0.29, 0.717) is 12.2 Å². The van der Waals surface area contributed by atoms with E-state index in [0.717, 1.165) is 25.3 Å². The van der Waals surface area contributed by atoms with E-state index in [2.05, 4.69) is 9.46 Å². The minimum Gasteiger partial charge on any atom is -0.465 e. The molecule has 1 N–H and O–H groups in total. The van der Waals surface area contributed by atoms with Gasteiger partial charge in [-0.25, -0.2) is 22.3 Å². The van der Waals surface area contributed by atoms with E-state index in [1.54, 1.807) is 0 Å². The highest BCUT2D eigenvalue weighted by Crippen LogP contribution is 2.19. The maximum atomic E-state index is 13.4. The van der Waals surface area contributed by atoms with Gasteiger partial charge in [-0.05, 0) is 30.9 Å². The van der Waals surface area contributed by atoms with Crippen LogP contribution in [-0.4, -0.2) is 39.5 Å². The number of methoxy groups -OCH3 is 1. The molecule has 1 aromatic rings. The second-order valence-electron chi connectivity index (χ2n) is 4.31. The number of nitrogens with one attached hydrogen (secondary N) is 1. The Morgan fingerprint density at radius 3 is 2.67 bits per heavy atom. The number of hydrogen-bond acceptors (Lipinski definition) is 5. The molecule has 0 bridgehead atoms. The summed E-state index contributed by atoms with van der Waals surface area (Å²) in [5.41, 5.74) is -0.189. The Morgan fingerprint density at radius 2 is 2.14 bits per heavy atom. The van der Waals surface area contributed by atoms with Crippen LogP contribution >= 0.6 is 11.8 Å². The molecular formula is C13H18FNO4S2. The Kier molecular flexibility index (Phi) is 6.63. The number of sulfonamides is 1. The second kappa shape index (κ2) is 7.77. The first-order valence-electron chi connectivity index (χ1n) is 6.24. The summed E-state index contributed by atoms with van der Waals surface area (Å²) in [5, 5.41) is 0. The molecule has 8 heteroatoms. The zero-order valence-corrected chi connectivity index (χ0v) is 13.7. The Bertz CT molecular complexity index is 604. The number of hydrogen-bond donors (Lipinski definition) is 1. The van der Waals surface area contributed by atoms with Gasteiger partial charge in [-0.3, -0.25) is 0 Å². The molecule has 0 aliphatic carbocycles. The summed E-state index contributed by atoms with van der Waals surface area (Å²) in [4.78, 5) is 11.2. The molecule has 0 amide bonds. The molecule has 0 spiro atoms. The van der Waals surface area contributed by atoms with Crippen molar-refractivity contribution < 1.29 is 22.3 Å². The summed E-state index contributed by atoms with van der Waals surface area (Å²) < 4.78 is 45.1. The van der Waals surface area contributed by atoms with Gasteiger partial charge < -0.3 is 4.74 Å². The van der Waals surface area contributed by atoms with Crippen molar-refractivity contribution in [3.63, 3.8) is 0 Å². The SMILES string of the molecule is CCC(CSC)NS(=O)(=O)c1cc(F)ccc1C(=O)OC.